The third-order valence-corrected chi connectivity index (χ3v) is 7.15. The molecule has 2 N–H and O–H groups in total. The van der Waals surface area contributed by atoms with Crippen molar-refractivity contribution in [2.24, 2.45) is 5.92 Å². The molecule has 1 aliphatic rings. The molecule has 3 rings (SSSR count). The van der Waals surface area contributed by atoms with Gasteiger partial charge in [0.15, 0.2) is 0 Å². The third-order valence-electron chi connectivity index (χ3n) is 7.15. The van der Waals surface area contributed by atoms with Crippen LogP contribution in [0.2, 0.25) is 0 Å². The van der Waals surface area contributed by atoms with E-state index in [1.54, 1.807) is 0 Å². The molecule has 8 nitrogen and oxygen atoms in total. The van der Waals surface area contributed by atoms with Crippen LogP contribution in [-0.2, 0) is 9.47 Å². The molecule has 0 aliphatic carbocycles. The molecule has 1 heterocycles. The lowest BCUT2D eigenvalue weighted by Crippen LogP contribution is -2.54. The number of aliphatic hydroxyl groups is 2. The number of amides is 2. The van der Waals surface area contributed by atoms with Gasteiger partial charge in [-0.25, -0.2) is 13.2 Å². The van der Waals surface area contributed by atoms with Gasteiger partial charge in [0.1, 0.15) is 41.3 Å². The van der Waals surface area contributed by atoms with Crippen molar-refractivity contribution in [1.29, 1.82) is 0 Å². The summed E-state index contributed by atoms with van der Waals surface area (Å²) >= 11 is 0. The second-order valence-electron chi connectivity index (χ2n) is 10.7. The van der Waals surface area contributed by atoms with E-state index in [9.17, 15) is 33.0 Å². The van der Waals surface area contributed by atoms with E-state index in [0.717, 1.165) is 18.2 Å². The van der Waals surface area contributed by atoms with Gasteiger partial charge in [-0.3, -0.25) is 9.59 Å². The first-order valence-corrected chi connectivity index (χ1v) is 13.8. The van der Waals surface area contributed by atoms with Gasteiger partial charge in [0.05, 0.1) is 12.2 Å². The molecule has 226 valence electrons. The van der Waals surface area contributed by atoms with Crippen molar-refractivity contribution in [3.8, 4) is 0 Å². The molecule has 0 spiro atoms. The number of benzene rings is 2. The molecule has 2 amide bonds. The van der Waals surface area contributed by atoms with Crippen LogP contribution in [0.4, 0.5) is 13.2 Å². The summed E-state index contributed by atoms with van der Waals surface area (Å²) in [5, 5.41) is 21.3. The zero-order valence-electron chi connectivity index (χ0n) is 23.6. The Bertz CT molecular complexity index is 1150. The Labute approximate surface area is 238 Å². The third kappa shape index (κ3) is 8.51. The second-order valence-corrected chi connectivity index (χ2v) is 10.7. The number of hydrogen-bond acceptors (Lipinski definition) is 6. The van der Waals surface area contributed by atoms with E-state index in [-0.39, 0.29) is 44.3 Å². The maximum atomic E-state index is 14.8. The summed E-state index contributed by atoms with van der Waals surface area (Å²) in [5.74, 6) is -4.36. The zero-order valence-corrected chi connectivity index (χ0v) is 23.6. The van der Waals surface area contributed by atoms with Gasteiger partial charge in [0.2, 0.25) is 0 Å². The smallest absolute Gasteiger partial charge is 0.260 e. The molecule has 1 fully saturated rings. The highest BCUT2D eigenvalue weighted by Crippen LogP contribution is 2.23. The van der Waals surface area contributed by atoms with E-state index >= 15 is 0 Å². The maximum absolute atomic E-state index is 14.8. The molecule has 2 aromatic rings. The highest BCUT2D eigenvalue weighted by Gasteiger charge is 2.35. The lowest BCUT2D eigenvalue weighted by Gasteiger charge is -2.39. The van der Waals surface area contributed by atoms with Crippen molar-refractivity contribution in [2.45, 2.75) is 57.5 Å². The van der Waals surface area contributed by atoms with E-state index in [1.807, 2.05) is 13.8 Å². The van der Waals surface area contributed by atoms with Crippen LogP contribution in [-0.4, -0.2) is 96.1 Å². The fourth-order valence-electron chi connectivity index (χ4n) is 5.02. The Kier molecular flexibility index (Phi) is 12.1. The minimum absolute atomic E-state index is 0.000896. The number of hydrogen-bond donors (Lipinski definition) is 2. The fraction of sp³-hybridized carbons (Fsp3) is 0.533. The van der Waals surface area contributed by atoms with Crippen LogP contribution in [0, 0.1) is 23.4 Å². The lowest BCUT2D eigenvalue weighted by molar-refractivity contribution is -0.105. The summed E-state index contributed by atoms with van der Waals surface area (Å²) in [6.45, 7) is 3.51. The molecule has 41 heavy (non-hydrogen) atoms. The zero-order chi connectivity index (χ0) is 30.1. The Balaban J connectivity index is 2.10. The van der Waals surface area contributed by atoms with E-state index in [0.29, 0.717) is 19.3 Å². The average molecular weight is 581 g/mol. The maximum Gasteiger partial charge on any atom is 0.260 e. The Morgan fingerprint density at radius 3 is 2.27 bits per heavy atom. The predicted molar refractivity (Wildman–Crippen MR) is 146 cm³/mol. The number of carbonyl (C=O) groups excluding carboxylic acids is 2. The average Bonchev–Trinajstić information content (AvgIpc) is 2.93. The predicted octanol–water partition coefficient (Wildman–Crippen LogP) is 3.65. The number of ether oxygens (including phenoxy) is 2. The van der Waals surface area contributed by atoms with Crippen LogP contribution >= 0.6 is 0 Å². The summed E-state index contributed by atoms with van der Waals surface area (Å²) in [7, 11) is 1.30. The van der Waals surface area contributed by atoms with Gasteiger partial charge >= 0.3 is 0 Å². The molecular weight excluding hydrogens is 541 g/mol. The molecule has 0 unspecified atom stereocenters. The fourth-order valence-corrected chi connectivity index (χ4v) is 5.02. The molecule has 0 aromatic heterocycles. The van der Waals surface area contributed by atoms with Crippen LogP contribution < -0.4 is 0 Å². The Hall–Kier alpha value is -2.99. The van der Waals surface area contributed by atoms with Gasteiger partial charge in [-0.2, -0.15) is 0 Å². The molecule has 0 saturated carbocycles. The van der Waals surface area contributed by atoms with Crippen molar-refractivity contribution < 1.29 is 42.4 Å². The summed E-state index contributed by atoms with van der Waals surface area (Å²) < 4.78 is 55.2. The van der Waals surface area contributed by atoms with Crippen LogP contribution in [0.25, 0.3) is 0 Å². The van der Waals surface area contributed by atoms with Crippen molar-refractivity contribution in [3.63, 3.8) is 0 Å². The largest absolute Gasteiger partial charge is 0.388 e. The molecule has 11 heteroatoms. The van der Waals surface area contributed by atoms with Crippen LogP contribution in [0.15, 0.2) is 42.5 Å². The van der Waals surface area contributed by atoms with Gasteiger partial charge in [0, 0.05) is 39.4 Å². The molecule has 0 bridgehead atoms. The monoisotopic (exact) mass is 580 g/mol. The molecular formula is C30H39F3N2O6. The van der Waals surface area contributed by atoms with Gasteiger partial charge in [-0.05, 0) is 49.4 Å². The molecule has 2 aromatic carbocycles. The van der Waals surface area contributed by atoms with E-state index in [2.05, 4.69) is 0 Å². The van der Waals surface area contributed by atoms with Crippen molar-refractivity contribution in [2.75, 3.05) is 40.0 Å². The number of methoxy groups -OCH3 is 1. The van der Waals surface area contributed by atoms with Crippen LogP contribution in [0.1, 0.15) is 53.8 Å². The molecule has 1 saturated heterocycles. The first-order valence-electron chi connectivity index (χ1n) is 13.8. The van der Waals surface area contributed by atoms with Crippen molar-refractivity contribution >= 4 is 11.8 Å². The van der Waals surface area contributed by atoms with Gasteiger partial charge in [-0.15, -0.1) is 0 Å². The Morgan fingerprint density at radius 1 is 0.976 bits per heavy atom. The highest BCUT2D eigenvalue weighted by atomic mass is 19.1. The highest BCUT2D eigenvalue weighted by molar-refractivity contribution is 5.96. The standard InChI is InChI=1S/C30H39F3N2O6/c1-19(2)15-20-16-34(29(38)21-9-4-5-10-22(21)31)17-26(40-3)28(37)25(36)18-41-14-7-6-13-35(20)30(39)27-23(32)11-8-12-24(27)33/h4-5,8-12,19-20,25-26,28,36-37H,6-7,13-18H2,1-3H3/t20-,25-,26-,28-/m1/s1. The molecule has 4 atom stereocenters. The molecule has 1 aliphatic heterocycles. The van der Waals surface area contributed by atoms with E-state index in [1.165, 1.54) is 41.2 Å². The van der Waals surface area contributed by atoms with E-state index in [4.69, 9.17) is 9.47 Å². The second kappa shape index (κ2) is 15.3. The quantitative estimate of drug-likeness (QED) is 0.561. The number of carbonyl (C=O) groups is 2. The first-order chi connectivity index (χ1) is 19.5. The summed E-state index contributed by atoms with van der Waals surface area (Å²) in [5.41, 5.74) is -0.929. The van der Waals surface area contributed by atoms with Gasteiger partial charge in [0.25, 0.3) is 11.8 Å². The Morgan fingerprint density at radius 2 is 1.63 bits per heavy atom. The topological polar surface area (TPSA) is 99.5 Å². The molecule has 0 radical (unpaired) electrons. The van der Waals surface area contributed by atoms with E-state index < -0.39 is 59.2 Å². The number of rotatable bonds is 5. The number of nitrogens with zero attached hydrogens (tertiary/aromatic N) is 2. The summed E-state index contributed by atoms with van der Waals surface area (Å²) in [4.78, 5) is 30.1. The minimum Gasteiger partial charge on any atom is -0.388 e. The number of aliphatic hydroxyl groups excluding tert-OH is 2. The normalized spacial score (nSPS) is 23.3. The number of halogens is 3. The van der Waals surface area contributed by atoms with Gasteiger partial charge < -0.3 is 29.5 Å². The SMILES string of the molecule is CO[C@@H]1CN(C(=O)c2ccccc2F)C[C@@H](CC(C)C)N(C(=O)c2c(F)cccc2F)CCCCOC[C@@H](O)[C@H]1O. The lowest BCUT2D eigenvalue weighted by atomic mass is 9.98. The van der Waals surface area contributed by atoms with Crippen LogP contribution in [0.3, 0.4) is 0 Å². The van der Waals surface area contributed by atoms with Gasteiger partial charge in [-0.1, -0.05) is 32.0 Å². The minimum atomic E-state index is -1.45. The summed E-state index contributed by atoms with van der Waals surface area (Å²) in [6, 6.07) is 7.87. The first kappa shape index (κ1) is 32.5. The summed E-state index contributed by atoms with van der Waals surface area (Å²) in [6.07, 6.45) is -2.67. The van der Waals surface area contributed by atoms with Crippen LogP contribution in [0.5, 0.6) is 0 Å². The van der Waals surface area contributed by atoms with Crippen molar-refractivity contribution in [1.82, 2.24) is 9.80 Å². The van der Waals surface area contributed by atoms with Crippen molar-refractivity contribution in [3.05, 3.63) is 71.0 Å².